The molecule has 1 N–H and O–H groups in total. The highest BCUT2D eigenvalue weighted by molar-refractivity contribution is 6.33. The summed E-state index contributed by atoms with van der Waals surface area (Å²) in [5.74, 6) is 1.33. The number of hydrogen-bond donors (Lipinski definition) is 1. The quantitative estimate of drug-likeness (QED) is 0.882. The monoisotopic (exact) mass is 375 g/mol. The number of rotatable bonds is 4. The summed E-state index contributed by atoms with van der Waals surface area (Å²) in [6.07, 6.45) is -0.265. The van der Waals surface area contributed by atoms with E-state index in [0.717, 1.165) is 11.4 Å². The number of nitrogens with zero attached hydrogens (tertiary/aromatic N) is 4. The number of halogens is 1. The van der Waals surface area contributed by atoms with Crippen LogP contribution in [0.5, 0.6) is 0 Å². The maximum absolute atomic E-state index is 11.8. The lowest BCUT2D eigenvalue weighted by molar-refractivity contribution is 0.105. The van der Waals surface area contributed by atoms with Crippen molar-refractivity contribution in [2.75, 3.05) is 43.0 Å². The molecule has 0 radical (unpaired) electrons. The molecule has 0 aliphatic carbocycles. The first-order valence-electron chi connectivity index (χ1n) is 8.60. The van der Waals surface area contributed by atoms with Crippen LogP contribution in [0.15, 0.2) is 30.3 Å². The first-order valence-corrected chi connectivity index (χ1v) is 8.98. The zero-order chi connectivity index (χ0) is 18.5. The van der Waals surface area contributed by atoms with E-state index in [-0.39, 0.29) is 6.09 Å². The molecule has 7 nitrogen and oxygen atoms in total. The number of aromatic nitrogens is 2. The van der Waals surface area contributed by atoms with Crippen molar-refractivity contribution in [1.82, 2.24) is 14.9 Å². The smallest absolute Gasteiger partial charge is 0.409 e. The third kappa shape index (κ3) is 4.35. The summed E-state index contributed by atoms with van der Waals surface area (Å²) in [6, 6.07) is 9.40. The van der Waals surface area contributed by atoms with Crippen LogP contribution in [0.4, 0.5) is 22.2 Å². The van der Waals surface area contributed by atoms with E-state index in [1.54, 1.807) is 4.90 Å². The molecule has 3 rings (SSSR count). The van der Waals surface area contributed by atoms with E-state index in [4.69, 9.17) is 16.3 Å². The van der Waals surface area contributed by atoms with Crippen molar-refractivity contribution >= 4 is 35.1 Å². The van der Waals surface area contributed by atoms with Crippen molar-refractivity contribution < 1.29 is 9.53 Å². The highest BCUT2D eigenvalue weighted by Crippen LogP contribution is 2.25. The molecular weight excluding hydrogens is 354 g/mol. The van der Waals surface area contributed by atoms with E-state index in [2.05, 4.69) is 20.2 Å². The molecule has 1 saturated heterocycles. The molecule has 138 valence electrons. The number of nitrogens with one attached hydrogen (secondary N) is 1. The average molecular weight is 376 g/mol. The van der Waals surface area contributed by atoms with Gasteiger partial charge in [-0.25, -0.2) is 9.78 Å². The van der Waals surface area contributed by atoms with Gasteiger partial charge in [-0.15, -0.1) is 0 Å². The number of ether oxygens (including phenoxy) is 1. The van der Waals surface area contributed by atoms with Crippen molar-refractivity contribution in [3.05, 3.63) is 41.0 Å². The number of para-hydroxylation sites is 1. The molecule has 8 heteroatoms. The number of anilines is 3. The van der Waals surface area contributed by atoms with Crippen LogP contribution in [0.1, 0.15) is 12.6 Å². The number of carbonyl (C=O) groups is 1. The third-order valence-electron chi connectivity index (χ3n) is 4.07. The second-order valence-electron chi connectivity index (χ2n) is 5.97. The average Bonchev–Trinajstić information content (AvgIpc) is 2.63. The molecule has 0 atom stereocenters. The lowest BCUT2D eigenvalue weighted by Crippen LogP contribution is -2.49. The molecule has 1 aromatic heterocycles. The number of aryl methyl sites for hydroxylation is 1. The predicted molar refractivity (Wildman–Crippen MR) is 102 cm³/mol. The van der Waals surface area contributed by atoms with Crippen molar-refractivity contribution in [3.8, 4) is 0 Å². The predicted octanol–water partition coefficient (Wildman–Crippen LogP) is 3.46. The summed E-state index contributed by atoms with van der Waals surface area (Å²) in [7, 11) is 0. The number of carbonyl (C=O) groups excluding carboxylic acids is 1. The van der Waals surface area contributed by atoms with Crippen LogP contribution in [0.3, 0.4) is 0 Å². The maximum Gasteiger partial charge on any atom is 0.409 e. The van der Waals surface area contributed by atoms with Gasteiger partial charge in [-0.3, -0.25) is 0 Å². The topological polar surface area (TPSA) is 70.6 Å². The molecule has 0 spiro atoms. The van der Waals surface area contributed by atoms with Crippen molar-refractivity contribution in [3.63, 3.8) is 0 Å². The van der Waals surface area contributed by atoms with Gasteiger partial charge in [-0.05, 0) is 26.0 Å². The van der Waals surface area contributed by atoms with Crippen molar-refractivity contribution in [2.24, 2.45) is 0 Å². The molecule has 0 unspecified atom stereocenters. The highest BCUT2D eigenvalue weighted by Gasteiger charge is 2.23. The van der Waals surface area contributed by atoms with Gasteiger partial charge in [-0.1, -0.05) is 23.7 Å². The Balaban J connectivity index is 1.71. The fourth-order valence-corrected chi connectivity index (χ4v) is 2.95. The van der Waals surface area contributed by atoms with Gasteiger partial charge in [0.05, 0.1) is 17.3 Å². The minimum atomic E-state index is -0.265. The Morgan fingerprint density at radius 3 is 2.65 bits per heavy atom. The van der Waals surface area contributed by atoms with Crippen LogP contribution < -0.4 is 10.2 Å². The van der Waals surface area contributed by atoms with Crippen molar-refractivity contribution in [1.29, 1.82) is 0 Å². The molecule has 1 aromatic carbocycles. The minimum Gasteiger partial charge on any atom is -0.450 e. The Kier molecular flexibility index (Phi) is 5.78. The molecule has 1 aliphatic heterocycles. The van der Waals surface area contributed by atoms with Crippen LogP contribution in [0, 0.1) is 6.92 Å². The molecule has 1 amide bonds. The molecule has 0 bridgehead atoms. The lowest BCUT2D eigenvalue weighted by Gasteiger charge is -2.34. The van der Waals surface area contributed by atoms with Crippen LogP contribution >= 0.6 is 11.6 Å². The second kappa shape index (κ2) is 8.23. The summed E-state index contributed by atoms with van der Waals surface area (Å²) in [4.78, 5) is 24.7. The van der Waals surface area contributed by atoms with E-state index in [9.17, 15) is 4.79 Å². The van der Waals surface area contributed by atoms with Crippen molar-refractivity contribution in [2.45, 2.75) is 13.8 Å². The minimum absolute atomic E-state index is 0.265. The normalized spacial score (nSPS) is 14.3. The van der Waals surface area contributed by atoms with E-state index < -0.39 is 0 Å². The Bertz CT molecular complexity index is 778. The summed E-state index contributed by atoms with van der Waals surface area (Å²) in [5, 5.41) is 3.87. The molecule has 2 heterocycles. The SMILES string of the molecule is CCOC(=O)N1CCN(c2nc(C)cc(Nc3ccccc3Cl)n2)CC1. The fraction of sp³-hybridized carbons (Fsp3) is 0.389. The van der Waals surface area contributed by atoms with E-state index in [1.807, 2.05) is 44.2 Å². The van der Waals surface area contributed by atoms with Gasteiger partial charge in [0.2, 0.25) is 5.95 Å². The Morgan fingerprint density at radius 2 is 1.96 bits per heavy atom. The zero-order valence-electron chi connectivity index (χ0n) is 14.9. The molecule has 1 aliphatic rings. The summed E-state index contributed by atoms with van der Waals surface area (Å²) in [5.41, 5.74) is 1.66. The molecule has 1 fully saturated rings. The highest BCUT2D eigenvalue weighted by atomic mass is 35.5. The van der Waals surface area contributed by atoms with Gasteiger partial charge in [0, 0.05) is 37.9 Å². The number of benzene rings is 1. The Morgan fingerprint density at radius 1 is 1.23 bits per heavy atom. The van der Waals surface area contributed by atoms with Gasteiger partial charge in [0.15, 0.2) is 0 Å². The van der Waals surface area contributed by atoms with Gasteiger partial charge < -0.3 is 19.9 Å². The standard InChI is InChI=1S/C18H22ClN5O2/c1-3-26-18(25)24-10-8-23(9-11-24)17-20-13(2)12-16(22-17)21-15-7-5-4-6-14(15)19/h4-7,12H,3,8-11H2,1-2H3,(H,20,21,22). The van der Waals surface area contributed by atoms with E-state index in [1.165, 1.54) is 0 Å². The Hall–Kier alpha value is -2.54. The molecule has 26 heavy (non-hydrogen) atoms. The number of amides is 1. The first kappa shape index (κ1) is 18.3. The van der Waals surface area contributed by atoms with Crippen LogP contribution in [-0.4, -0.2) is 53.7 Å². The molecule has 2 aromatic rings. The Labute approximate surface area is 157 Å². The fourth-order valence-electron chi connectivity index (χ4n) is 2.76. The van der Waals surface area contributed by atoms with Gasteiger partial charge in [0.1, 0.15) is 5.82 Å². The van der Waals surface area contributed by atoms with Gasteiger partial charge in [0.25, 0.3) is 0 Å². The van der Waals surface area contributed by atoms with E-state index in [0.29, 0.717) is 49.6 Å². The van der Waals surface area contributed by atoms with Crippen LogP contribution in [-0.2, 0) is 4.74 Å². The van der Waals surface area contributed by atoms with Gasteiger partial charge >= 0.3 is 6.09 Å². The third-order valence-corrected chi connectivity index (χ3v) is 4.40. The van der Waals surface area contributed by atoms with Crippen LogP contribution in [0.25, 0.3) is 0 Å². The second-order valence-corrected chi connectivity index (χ2v) is 6.38. The zero-order valence-corrected chi connectivity index (χ0v) is 15.7. The summed E-state index contributed by atoms with van der Waals surface area (Å²) >= 11 is 6.21. The van der Waals surface area contributed by atoms with Crippen LogP contribution in [0.2, 0.25) is 5.02 Å². The molecular formula is C18H22ClN5O2. The van der Waals surface area contributed by atoms with Gasteiger partial charge in [-0.2, -0.15) is 4.98 Å². The number of piperazine rings is 1. The summed E-state index contributed by atoms with van der Waals surface area (Å²) < 4.78 is 5.05. The lowest BCUT2D eigenvalue weighted by atomic mass is 10.3. The first-order chi connectivity index (χ1) is 12.6. The largest absolute Gasteiger partial charge is 0.450 e. The molecule has 0 saturated carbocycles. The number of hydrogen-bond acceptors (Lipinski definition) is 6. The van der Waals surface area contributed by atoms with E-state index >= 15 is 0 Å². The summed E-state index contributed by atoms with van der Waals surface area (Å²) in [6.45, 7) is 6.62. The maximum atomic E-state index is 11.8.